The van der Waals surface area contributed by atoms with Crippen molar-refractivity contribution >= 4 is 11.9 Å². The van der Waals surface area contributed by atoms with Crippen LogP contribution in [0, 0.1) is 0 Å². The molecule has 1 saturated heterocycles. The van der Waals surface area contributed by atoms with Crippen LogP contribution in [0.2, 0.25) is 0 Å². The number of rotatable bonds is 3. The van der Waals surface area contributed by atoms with E-state index in [-0.39, 0.29) is 17.3 Å². The molecular weight excluding hydrogens is 330 g/mol. The molecular formula is C20H21N3O3. The minimum Gasteiger partial charge on any atom is -0.507 e. The SMILES string of the molecule is CN1CCN(Cc2c(O)ccc3c2OC(=Cc2ccncc2)C3=O)CC1. The average Bonchev–Trinajstić information content (AvgIpc) is 2.96. The van der Waals surface area contributed by atoms with Gasteiger partial charge in [-0.3, -0.25) is 14.7 Å². The van der Waals surface area contributed by atoms with Crippen LogP contribution in [0.5, 0.6) is 11.5 Å². The van der Waals surface area contributed by atoms with Gasteiger partial charge in [-0.2, -0.15) is 0 Å². The molecule has 0 radical (unpaired) electrons. The number of allylic oxidation sites excluding steroid dienone is 1. The van der Waals surface area contributed by atoms with Gasteiger partial charge in [0.05, 0.1) is 11.1 Å². The maximum Gasteiger partial charge on any atom is 0.231 e. The van der Waals surface area contributed by atoms with Crippen LogP contribution in [-0.2, 0) is 6.54 Å². The fourth-order valence-electron chi connectivity index (χ4n) is 3.29. The number of hydrogen-bond acceptors (Lipinski definition) is 6. The molecule has 0 bridgehead atoms. The van der Waals surface area contributed by atoms with Gasteiger partial charge in [-0.1, -0.05) is 0 Å². The van der Waals surface area contributed by atoms with E-state index in [1.807, 2.05) is 12.1 Å². The molecule has 4 rings (SSSR count). The Morgan fingerprint density at radius 2 is 1.88 bits per heavy atom. The lowest BCUT2D eigenvalue weighted by Gasteiger charge is -2.32. The Balaban J connectivity index is 1.62. The van der Waals surface area contributed by atoms with Crippen molar-refractivity contribution in [2.24, 2.45) is 0 Å². The van der Waals surface area contributed by atoms with Gasteiger partial charge in [-0.25, -0.2) is 0 Å². The number of piperazine rings is 1. The quantitative estimate of drug-likeness (QED) is 0.855. The third kappa shape index (κ3) is 3.21. The number of likely N-dealkylation sites (N-methyl/N-ethyl adjacent to an activating group) is 1. The first-order chi connectivity index (χ1) is 12.6. The highest BCUT2D eigenvalue weighted by atomic mass is 16.5. The number of fused-ring (bicyclic) bond motifs is 1. The Bertz CT molecular complexity index is 856. The summed E-state index contributed by atoms with van der Waals surface area (Å²) in [6.07, 6.45) is 5.05. The summed E-state index contributed by atoms with van der Waals surface area (Å²) in [5, 5.41) is 10.4. The predicted octanol–water partition coefficient (Wildman–Crippen LogP) is 2.15. The first kappa shape index (κ1) is 16.8. The second-order valence-electron chi connectivity index (χ2n) is 6.74. The maximum atomic E-state index is 12.7. The highest BCUT2D eigenvalue weighted by molar-refractivity contribution is 6.14. The summed E-state index contributed by atoms with van der Waals surface area (Å²) >= 11 is 0. The normalized spacial score (nSPS) is 19.6. The molecule has 0 aliphatic carbocycles. The van der Waals surface area contributed by atoms with Crippen LogP contribution in [0.4, 0.5) is 0 Å². The molecule has 6 heteroatoms. The Morgan fingerprint density at radius 1 is 1.15 bits per heavy atom. The van der Waals surface area contributed by atoms with E-state index in [0.717, 1.165) is 31.7 Å². The number of Topliss-reactive ketones (excluding diaryl/α,β-unsaturated/α-hetero) is 1. The van der Waals surface area contributed by atoms with Crippen LogP contribution in [-0.4, -0.2) is 58.9 Å². The summed E-state index contributed by atoms with van der Waals surface area (Å²) in [6, 6.07) is 6.85. The minimum atomic E-state index is -0.156. The molecule has 1 N–H and O–H groups in total. The fraction of sp³-hybridized carbons (Fsp3) is 0.300. The van der Waals surface area contributed by atoms with Crippen LogP contribution in [0.3, 0.4) is 0 Å². The van der Waals surface area contributed by atoms with E-state index in [9.17, 15) is 9.90 Å². The zero-order chi connectivity index (χ0) is 18.1. The number of phenolic OH excluding ortho intramolecular Hbond substituents is 1. The molecule has 0 spiro atoms. The monoisotopic (exact) mass is 351 g/mol. The van der Waals surface area contributed by atoms with Crippen LogP contribution in [0.1, 0.15) is 21.5 Å². The number of nitrogens with zero attached hydrogens (tertiary/aromatic N) is 3. The van der Waals surface area contributed by atoms with Gasteiger partial charge in [0.1, 0.15) is 11.5 Å². The van der Waals surface area contributed by atoms with Gasteiger partial charge in [-0.15, -0.1) is 0 Å². The van der Waals surface area contributed by atoms with E-state index >= 15 is 0 Å². The average molecular weight is 351 g/mol. The zero-order valence-electron chi connectivity index (χ0n) is 14.7. The van der Waals surface area contributed by atoms with Crippen molar-refractivity contribution in [2.45, 2.75) is 6.54 Å². The number of hydrogen-bond donors (Lipinski definition) is 1. The number of benzene rings is 1. The van der Waals surface area contributed by atoms with Crippen LogP contribution in [0.25, 0.3) is 6.08 Å². The minimum absolute atomic E-state index is 0.156. The zero-order valence-corrected chi connectivity index (χ0v) is 14.7. The summed E-state index contributed by atoms with van der Waals surface area (Å²) in [5.41, 5.74) is 2.03. The number of phenols is 1. The number of carbonyl (C=O) groups excluding carboxylic acids is 1. The van der Waals surface area contributed by atoms with E-state index in [1.54, 1.807) is 30.6 Å². The highest BCUT2D eigenvalue weighted by Crippen LogP contribution is 2.40. The van der Waals surface area contributed by atoms with Crippen molar-refractivity contribution in [2.75, 3.05) is 33.2 Å². The Hall–Kier alpha value is -2.70. The maximum absolute atomic E-state index is 12.7. The van der Waals surface area contributed by atoms with Gasteiger partial charge < -0.3 is 14.7 Å². The van der Waals surface area contributed by atoms with Crippen LogP contribution < -0.4 is 4.74 Å². The molecule has 2 aliphatic heterocycles. The molecule has 0 unspecified atom stereocenters. The molecule has 3 heterocycles. The van der Waals surface area contributed by atoms with Crippen molar-refractivity contribution in [3.63, 3.8) is 0 Å². The Labute approximate surface area is 152 Å². The first-order valence-electron chi connectivity index (χ1n) is 8.72. The molecule has 0 amide bonds. The van der Waals surface area contributed by atoms with E-state index in [4.69, 9.17) is 4.74 Å². The van der Waals surface area contributed by atoms with Crippen molar-refractivity contribution < 1.29 is 14.6 Å². The first-order valence-corrected chi connectivity index (χ1v) is 8.72. The smallest absolute Gasteiger partial charge is 0.231 e. The molecule has 1 aromatic carbocycles. The number of aromatic hydroxyl groups is 1. The summed E-state index contributed by atoms with van der Waals surface area (Å²) in [5.74, 6) is 0.766. The van der Waals surface area contributed by atoms with Crippen LogP contribution in [0.15, 0.2) is 42.4 Å². The predicted molar refractivity (Wildman–Crippen MR) is 98.1 cm³/mol. The van der Waals surface area contributed by atoms with Gasteiger partial charge >= 0.3 is 0 Å². The van der Waals surface area contributed by atoms with Gasteiger partial charge in [0.25, 0.3) is 0 Å². The van der Waals surface area contributed by atoms with E-state index in [1.165, 1.54) is 0 Å². The molecule has 1 fully saturated rings. The third-order valence-corrected chi connectivity index (χ3v) is 4.90. The topological polar surface area (TPSA) is 65.9 Å². The molecule has 1 aromatic heterocycles. The second kappa shape index (κ2) is 6.90. The molecule has 6 nitrogen and oxygen atoms in total. The van der Waals surface area contributed by atoms with Gasteiger partial charge in [0, 0.05) is 45.1 Å². The number of ether oxygens (including phenoxy) is 1. The highest BCUT2D eigenvalue weighted by Gasteiger charge is 2.32. The standard InChI is InChI=1S/C20H21N3O3/c1-22-8-10-23(11-9-22)13-16-17(24)3-2-15-19(25)18(26-20(15)16)12-14-4-6-21-7-5-14/h2-7,12,24H,8-11,13H2,1H3. The number of ketones is 1. The lowest BCUT2D eigenvalue weighted by Crippen LogP contribution is -2.43. The molecule has 134 valence electrons. The van der Waals surface area contributed by atoms with Gasteiger partial charge in [-0.05, 0) is 43.0 Å². The number of carbonyl (C=O) groups is 1. The largest absolute Gasteiger partial charge is 0.507 e. The van der Waals surface area contributed by atoms with Gasteiger partial charge in [0.15, 0.2) is 5.76 Å². The fourth-order valence-corrected chi connectivity index (χ4v) is 3.29. The lowest BCUT2D eigenvalue weighted by atomic mass is 10.0. The summed E-state index contributed by atoms with van der Waals surface area (Å²) < 4.78 is 5.89. The van der Waals surface area contributed by atoms with Crippen molar-refractivity contribution in [1.82, 2.24) is 14.8 Å². The van der Waals surface area contributed by atoms with Crippen molar-refractivity contribution in [1.29, 1.82) is 0 Å². The van der Waals surface area contributed by atoms with E-state index < -0.39 is 0 Å². The summed E-state index contributed by atoms with van der Waals surface area (Å²) in [7, 11) is 2.10. The van der Waals surface area contributed by atoms with Gasteiger partial charge in [0.2, 0.25) is 5.78 Å². The molecule has 2 aliphatic rings. The Morgan fingerprint density at radius 3 is 2.62 bits per heavy atom. The third-order valence-electron chi connectivity index (χ3n) is 4.90. The van der Waals surface area contributed by atoms with E-state index in [0.29, 0.717) is 23.4 Å². The summed E-state index contributed by atoms with van der Waals surface area (Å²) in [4.78, 5) is 21.2. The Kier molecular flexibility index (Phi) is 4.44. The summed E-state index contributed by atoms with van der Waals surface area (Å²) in [6.45, 7) is 4.39. The molecule has 0 saturated carbocycles. The lowest BCUT2D eigenvalue weighted by molar-refractivity contribution is 0.101. The number of aromatic nitrogens is 1. The number of pyridine rings is 1. The second-order valence-corrected chi connectivity index (χ2v) is 6.74. The molecule has 0 atom stereocenters. The van der Waals surface area contributed by atoms with Crippen LogP contribution >= 0.6 is 0 Å². The van der Waals surface area contributed by atoms with Crippen molar-refractivity contribution in [3.8, 4) is 11.5 Å². The van der Waals surface area contributed by atoms with Crippen molar-refractivity contribution in [3.05, 3.63) is 59.1 Å². The molecule has 26 heavy (non-hydrogen) atoms. The van der Waals surface area contributed by atoms with E-state index in [2.05, 4.69) is 21.8 Å². The molecule has 2 aromatic rings.